The molecule has 0 saturated carbocycles. The molecular formula is C27H31N5O9. The molecule has 218 valence electrons. The Morgan fingerprint density at radius 2 is 1.71 bits per heavy atom. The first-order chi connectivity index (χ1) is 19.6. The zero-order valence-corrected chi connectivity index (χ0v) is 22.4. The highest BCUT2D eigenvalue weighted by Crippen LogP contribution is 2.26. The van der Waals surface area contributed by atoms with Crippen molar-refractivity contribution in [1.82, 2.24) is 25.0 Å². The Kier molecular flexibility index (Phi) is 9.00. The van der Waals surface area contributed by atoms with Crippen LogP contribution >= 0.6 is 0 Å². The van der Waals surface area contributed by atoms with E-state index in [0.29, 0.717) is 17.3 Å². The molecule has 1 aromatic carbocycles. The summed E-state index contributed by atoms with van der Waals surface area (Å²) in [4.78, 5) is 83.2. The van der Waals surface area contributed by atoms with Crippen LogP contribution < -0.4 is 5.32 Å². The van der Waals surface area contributed by atoms with E-state index in [4.69, 9.17) is 4.74 Å². The van der Waals surface area contributed by atoms with Gasteiger partial charge in [0.25, 0.3) is 11.8 Å². The monoisotopic (exact) mass is 569 g/mol. The van der Waals surface area contributed by atoms with Crippen LogP contribution in [0.15, 0.2) is 30.3 Å². The number of carboxylic acids is 2. The number of nitrogens with one attached hydrogen (secondary N) is 1. The molecule has 41 heavy (non-hydrogen) atoms. The Hall–Kier alpha value is -4.75. The molecule has 3 N–H and O–H groups in total. The number of likely N-dealkylation sites (tertiary alicyclic amines) is 1. The number of nitrogens with zero attached hydrogens (tertiary/aromatic N) is 4. The average Bonchev–Trinajstić information content (AvgIpc) is 2.93. The molecule has 2 atom stereocenters. The Labute approximate surface area is 234 Å². The summed E-state index contributed by atoms with van der Waals surface area (Å²) in [6.07, 6.45) is -0.750. The Morgan fingerprint density at radius 3 is 2.32 bits per heavy atom. The van der Waals surface area contributed by atoms with Crippen molar-refractivity contribution in [2.45, 2.75) is 38.3 Å². The minimum Gasteiger partial charge on any atom is -0.481 e. The van der Waals surface area contributed by atoms with Crippen molar-refractivity contribution in [2.24, 2.45) is 0 Å². The van der Waals surface area contributed by atoms with E-state index in [0.717, 1.165) is 0 Å². The Bertz CT molecular complexity index is 1370. The molecule has 3 heterocycles. The minimum atomic E-state index is -1.20. The lowest BCUT2D eigenvalue weighted by atomic mass is 9.99. The van der Waals surface area contributed by atoms with Gasteiger partial charge in [-0.2, -0.15) is 0 Å². The first-order valence-electron chi connectivity index (χ1n) is 13.3. The quantitative estimate of drug-likeness (QED) is 0.390. The highest BCUT2D eigenvalue weighted by atomic mass is 16.6. The summed E-state index contributed by atoms with van der Waals surface area (Å²) in [6, 6.07) is 5.69. The molecule has 0 unspecified atom stereocenters. The van der Waals surface area contributed by atoms with Crippen LogP contribution in [0.3, 0.4) is 0 Å². The summed E-state index contributed by atoms with van der Waals surface area (Å²) in [5, 5.41) is 21.6. The molecule has 2 fully saturated rings. The van der Waals surface area contributed by atoms with Gasteiger partial charge in [-0.3, -0.25) is 19.2 Å². The molecular weight excluding hydrogens is 538 g/mol. The molecule has 2 saturated heterocycles. The summed E-state index contributed by atoms with van der Waals surface area (Å²) < 4.78 is 4.99. The number of ether oxygens (including phenoxy) is 1. The number of rotatable bonds is 9. The average molecular weight is 570 g/mol. The third-order valence-electron chi connectivity index (χ3n) is 7.11. The number of carbonyl (C=O) groups is 6. The number of fused-ring (bicyclic) bond motifs is 1. The fourth-order valence-corrected chi connectivity index (χ4v) is 4.81. The Balaban J connectivity index is 1.55. The number of carbonyl (C=O) groups excluding carboxylic acids is 4. The van der Waals surface area contributed by atoms with Crippen LogP contribution in [0.4, 0.5) is 4.79 Å². The van der Waals surface area contributed by atoms with E-state index in [1.165, 1.54) is 20.8 Å². The molecule has 0 radical (unpaired) electrons. The molecule has 14 heteroatoms. The largest absolute Gasteiger partial charge is 0.481 e. The highest BCUT2D eigenvalue weighted by molar-refractivity contribution is 6.10. The summed E-state index contributed by atoms with van der Waals surface area (Å²) in [5.41, 5.74) is 0.231. The van der Waals surface area contributed by atoms with E-state index in [1.54, 1.807) is 31.2 Å². The number of amides is 4. The summed E-state index contributed by atoms with van der Waals surface area (Å²) in [6.45, 7) is 2.94. The number of hydrogen-bond acceptors (Lipinski definition) is 8. The summed E-state index contributed by atoms with van der Waals surface area (Å²) in [7, 11) is 0. The van der Waals surface area contributed by atoms with Crippen LogP contribution in [0.25, 0.3) is 10.9 Å². The first kappa shape index (κ1) is 29.2. The number of aliphatic carboxylic acids is 2. The third-order valence-corrected chi connectivity index (χ3v) is 7.11. The van der Waals surface area contributed by atoms with Gasteiger partial charge in [0.2, 0.25) is 5.91 Å². The number of aromatic nitrogens is 1. The maximum absolute atomic E-state index is 13.4. The predicted molar refractivity (Wildman–Crippen MR) is 142 cm³/mol. The summed E-state index contributed by atoms with van der Waals surface area (Å²) >= 11 is 0. The van der Waals surface area contributed by atoms with Gasteiger partial charge in [0.05, 0.1) is 17.7 Å². The van der Waals surface area contributed by atoms with Gasteiger partial charge in [0, 0.05) is 44.5 Å². The van der Waals surface area contributed by atoms with Gasteiger partial charge in [-0.15, -0.1) is 0 Å². The van der Waals surface area contributed by atoms with E-state index in [1.807, 2.05) is 0 Å². The van der Waals surface area contributed by atoms with Gasteiger partial charge in [-0.1, -0.05) is 18.2 Å². The topological polar surface area (TPSA) is 187 Å². The molecule has 2 aliphatic rings. The lowest BCUT2D eigenvalue weighted by Crippen LogP contribution is -2.56. The van der Waals surface area contributed by atoms with E-state index in [-0.39, 0.29) is 63.4 Å². The second-order valence-corrected chi connectivity index (χ2v) is 9.68. The van der Waals surface area contributed by atoms with Crippen LogP contribution in [-0.2, 0) is 19.1 Å². The first-order valence-corrected chi connectivity index (χ1v) is 13.3. The van der Waals surface area contributed by atoms with Crippen molar-refractivity contribution >= 4 is 46.7 Å². The molecule has 1 aromatic heterocycles. The van der Waals surface area contributed by atoms with Crippen molar-refractivity contribution in [3.05, 3.63) is 41.6 Å². The number of benzene rings is 1. The number of carboxylic acid groups (broad SMARTS) is 2. The van der Waals surface area contributed by atoms with E-state index in [9.17, 15) is 39.0 Å². The SMILES string of the molecule is CCOC(=O)N1CCN(C(=O)[C@H](CCC(=O)O)NC(=O)c2cc(C(=O)N3CC[C@H]3C(=O)O)c3ccccc3n2)CC1. The van der Waals surface area contributed by atoms with Crippen molar-refractivity contribution in [2.75, 3.05) is 39.3 Å². The summed E-state index contributed by atoms with van der Waals surface area (Å²) in [5.74, 6) is -4.14. The second-order valence-electron chi connectivity index (χ2n) is 9.68. The van der Waals surface area contributed by atoms with Gasteiger partial charge >= 0.3 is 18.0 Å². The fourth-order valence-electron chi connectivity index (χ4n) is 4.81. The maximum atomic E-state index is 13.4. The van der Waals surface area contributed by atoms with E-state index >= 15 is 0 Å². The molecule has 0 spiro atoms. The fraction of sp³-hybridized carbons (Fsp3) is 0.444. The molecule has 4 amide bonds. The van der Waals surface area contributed by atoms with Crippen LogP contribution in [0.2, 0.25) is 0 Å². The van der Waals surface area contributed by atoms with Crippen LogP contribution in [0.5, 0.6) is 0 Å². The number of para-hydroxylation sites is 1. The highest BCUT2D eigenvalue weighted by Gasteiger charge is 2.39. The zero-order valence-electron chi connectivity index (χ0n) is 22.4. The molecule has 2 aliphatic heterocycles. The van der Waals surface area contributed by atoms with Crippen molar-refractivity contribution < 1.29 is 43.7 Å². The molecule has 4 rings (SSSR count). The van der Waals surface area contributed by atoms with Gasteiger partial charge in [0.15, 0.2) is 0 Å². The normalized spacial score (nSPS) is 17.4. The molecule has 0 bridgehead atoms. The van der Waals surface area contributed by atoms with Gasteiger partial charge < -0.3 is 35.0 Å². The smallest absolute Gasteiger partial charge is 0.409 e. The standard InChI is InChI=1S/C27H31N5O9/c1-2-41-27(40)31-13-11-30(12-14-31)25(37)19(7-8-22(33)34)29-23(35)20-15-17(16-5-3-4-6-18(16)28-20)24(36)32-10-9-21(32)26(38)39/h3-6,15,19,21H,2,7-14H2,1H3,(H,29,35)(H,33,34)(H,38,39)/t19-,21-/m0/s1. The van der Waals surface area contributed by atoms with Crippen molar-refractivity contribution in [1.29, 1.82) is 0 Å². The van der Waals surface area contributed by atoms with Crippen molar-refractivity contribution in [3.8, 4) is 0 Å². The van der Waals surface area contributed by atoms with E-state index in [2.05, 4.69) is 10.3 Å². The minimum absolute atomic E-state index is 0.0928. The molecule has 0 aliphatic carbocycles. The lowest BCUT2D eigenvalue weighted by molar-refractivity contribution is -0.146. The maximum Gasteiger partial charge on any atom is 0.409 e. The van der Waals surface area contributed by atoms with Crippen LogP contribution in [0.1, 0.15) is 47.0 Å². The number of hydrogen-bond donors (Lipinski definition) is 3. The lowest BCUT2D eigenvalue weighted by Gasteiger charge is -2.38. The van der Waals surface area contributed by atoms with Crippen molar-refractivity contribution in [3.63, 3.8) is 0 Å². The number of pyridine rings is 1. The van der Waals surface area contributed by atoms with Crippen LogP contribution in [0, 0.1) is 0 Å². The van der Waals surface area contributed by atoms with E-state index < -0.39 is 47.8 Å². The number of piperazine rings is 1. The second kappa shape index (κ2) is 12.6. The Morgan fingerprint density at radius 1 is 1.02 bits per heavy atom. The molecule has 14 nitrogen and oxygen atoms in total. The van der Waals surface area contributed by atoms with Gasteiger partial charge in [0.1, 0.15) is 17.8 Å². The van der Waals surface area contributed by atoms with Gasteiger partial charge in [-0.05, 0) is 31.9 Å². The zero-order chi connectivity index (χ0) is 29.7. The van der Waals surface area contributed by atoms with Crippen LogP contribution in [-0.4, -0.2) is 117 Å². The third kappa shape index (κ3) is 6.53. The molecule has 2 aromatic rings. The predicted octanol–water partition coefficient (Wildman–Crippen LogP) is 0.798. The van der Waals surface area contributed by atoms with Gasteiger partial charge in [-0.25, -0.2) is 14.6 Å².